The van der Waals surface area contributed by atoms with Crippen LogP contribution in [0.4, 0.5) is 0 Å². The molecule has 0 saturated heterocycles. The minimum absolute atomic E-state index is 0.0137. The first-order valence-corrected chi connectivity index (χ1v) is 13.5. The van der Waals surface area contributed by atoms with Crippen molar-refractivity contribution in [2.75, 3.05) is 0 Å². The van der Waals surface area contributed by atoms with Crippen LogP contribution in [-0.2, 0) is 11.8 Å². The molecule has 35 heavy (non-hydrogen) atoms. The Kier molecular flexibility index (Phi) is 3.36. The van der Waals surface area contributed by atoms with Gasteiger partial charge in [0.25, 0.3) is 0 Å². The number of rotatable bonds is 1. The average molecular weight is 470 g/mol. The van der Waals surface area contributed by atoms with E-state index in [9.17, 15) is 9.59 Å². The summed E-state index contributed by atoms with van der Waals surface area (Å²) in [4.78, 5) is 28.5. The Labute approximate surface area is 206 Å². The van der Waals surface area contributed by atoms with Gasteiger partial charge >= 0.3 is 11.4 Å². The van der Waals surface area contributed by atoms with E-state index in [-0.39, 0.29) is 51.2 Å². The lowest BCUT2D eigenvalue weighted by Crippen LogP contribution is -2.68. The molecule has 182 valence electrons. The van der Waals surface area contributed by atoms with Gasteiger partial charge in [-0.3, -0.25) is 0 Å². The highest BCUT2D eigenvalue weighted by Gasteiger charge is 2.71. The molecule has 2 fully saturated rings. The summed E-state index contributed by atoms with van der Waals surface area (Å²) in [6.45, 7) is 11.5. The zero-order valence-electron chi connectivity index (χ0n) is 21.5. The first-order valence-electron chi connectivity index (χ1n) is 13.5. The van der Waals surface area contributed by atoms with Crippen LogP contribution in [0.15, 0.2) is 46.0 Å². The van der Waals surface area contributed by atoms with E-state index in [0.29, 0.717) is 5.92 Å². The second-order valence-corrected chi connectivity index (χ2v) is 13.3. The van der Waals surface area contributed by atoms with Gasteiger partial charge in [0.2, 0.25) is 0 Å². The van der Waals surface area contributed by atoms with Crippen molar-refractivity contribution in [3.05, 3.63) is 79.7 Å². The van der Waals surface area contributed by atoms with Crippen LogP contribution in [0.3, 0.4) is 0 Å². The molecule has 5 aliphatic carbocycles. The Morgan fingerprint density at radius 1 is 0.886 bits per heavy atom. The third kappa shape index (κ3) is 1.82. The van der Waals surface area contributed by atoms with Gasteiger partial charge in [-0.15, -0.1) is 0 Å². The molecule has 2 saturated carbocycles. The summed E-state index contributed by atoms with van der Waals surface area (Å²) in [7, 11) is 0. The van der Waals surface area contributed by atoms with Crippen molar-refractivity contribution in [1.29, 1.82) is 0 Å². The number of benzene rings is 1. The predicted molar refractivity (Wildman–Crippen MR) is 136 cm³/mol. The molecular formula is C30H35N3O2. The van der Waals surface area contributed by atoms with Crippen LogP contribution >= 0.6 is 0 Å². The predicted octanol–water partition coefficient (Wildman–Crippen LogP) is 4.92. The molecule has 9 rings (SSSR count). The molecule has 2 aliphatic heterocycles. The van der Waals surface area contributed by atoms with Crippen molar-refractivity contribution in [2.24, 2.45) is 22.2 Å². The lowest BCUT2D eigenvalue weighted by molar-refractivity contribution is -0.00767. The largest absolute Gasteiger partial charge is 0.348 e. The Hall–Kier alpha value is -2.56. The lowest BCUT2D eigenvalue weighted by atomic mass is 9.40. The van der Waals surface area contributed by atoms with Gasteiger partial charge in [0, 0.05) is 11.5 Å². The van der Waals surface area contributed by atoms with E-state index in [1.807, 2.05) is 9.36 Å². The van der Waals surface area contributed by atoms with Crippen molar-refractivity contribution < 1.29 is 0 Å². The standard InChI is InChI=1S/C30H35N3O2/c1-17-6-7-18(2)24-20(17)11-13-29-14-15-30(24,29)22-9-8-21(29)32-25(34)31(26(35)33(22)32)23-16-19-10-12-28(23,5)27(19,3)4/h6-9,14-15,19,21-23H,10-13,16H2,1-5H3/t19-,21-,22-,23+,28-,29+,30-/m0/s1. The molecule has 0 N–H and O–H groups in total. The topological polar surface area (TPSA) is 48.9 Å². The summed E-state index contributed by atoms with van der Waals surface area (Å²) in [5, 5.41) is 0. The van der Waals surface area contributed by atoms with E-state index in [4.69, 9.17) is 0 Å². The minimum Gasteiger partial charge on any atom is -0.246 e. The first-order chi connectivity index (χ1) is 16.6. The Balaban J connectivity index is 1.39. The highest BCUT2D eigenvalue weighted by atomic mass is 16.2. The van der Waals surface area contributed by atoms with Gasteiger partial charge in [-0.25, -0.2) is 23.5 Å². The summed E-state index contributed by atoms with van der Waals surface area (Å²) in [5.74, 6) is 0.579. The third-order valence-electron chi connectivity index (χ3n) is 12.5. The van der Waals surface area contributed by atoms with E-state index in [2.05, 4.69) is 71.1 Å². The van der Waals surface area contributed by atoms with Crippen molar-refractivity contribution in [1.82, 2.24) is 13.9 Å². The van der Waals surface area contributed by atoms with Crippen LogP contribution in [0.1, 0.15) is 86.8 Å². The van der Waals surface area contributed by atoms with Crippen molar-refractivity contribution in [2.45, 2.75) is 90.3 Å². The highest BCUT2D eigenvalue weighted by molar-refractivity contribution is 5.61. The summed E-state index contributed by atoms with van der Waals surface area (Å²) in [6.07, 6.45) is 14.5. The monoisotopic (exact) mass is 469 g/mol. The summed E-state index contributed by atoms with van der Waals surface area (Å²) in [6, 6.07) is 4.22. The first kappa shape index (κ1) is 20.6. The van der Waals surface area contributed by atoms with Crippen LogP contribution < -0.4 is 11.4 Å². The van der Waals surface area contributed by atoms with E-state index in [1.54, 1.807) is 4.57 Å². The third-order valence-corrected chi connectivity index (χ3v) is 12.5. The van der Waals surface area contributed by atoms with E-state index in [1.165, 1.54) is 28.7 Å². The molecule has 2 aromatic rings. The molecule has 5 nitrogen and oxygen atoms in total. The second-order valence-electron chi connectivity index (χ2n) is 13.3. The van der Waals surface area contributed by atoms with Crippen LogP contribution in [0.2, 0.25) is 0 Å². The lowest BCUT2D eigenvalue weighted by Gasteiger charge is -2.67. The number of hydrogen-bond donors (Lipinski definition) is 0. The number of hydrogen-bond acceptors (Lipinski definition) is 2. The fourth-order valence-electron chi connectivity index (χ4n) is 10.1. The Morgan fingerprint density at radius 2 is 1.57 bits per heavy atom. The molecule has 7 aliphatic rings. The maximum Gasteiger partial charge on any atom is 0.348 e. The molecule has 0 radical (unpaired) electrons. The summed E-state index contributed by atoms with van der Waals surface area (Å²) in [5.41, 5.74) is 5.10. The molecule has 0 spiro atoms. The number of aryl methyl sites for hydroxylation is 2. The van der Waals surface area contributed by atoms with Gasteiger partial charge in [-0.05, 0) is 85.0 Å². The van der Waals surface area contributed by atoms with Gasteiger partial charge in [0.1, 0.15) is 0 Å². The van der Waals surface area contributed by atoms with Crippen LogP contribution in [-0.4, -0.2) is 13.9 Å². The number of nitrogens with zero attached hydrogens (tertiary/aromatic N) is 3. The van der Waals surface area contributed by atoms with Crippen molar-refractivity contribution in [3.63, 3.8) is 0 Å². The molecule has 1 aromatic heterocycles. The zero-order valence-corrected chi connectivity index (χ0v) is 21.5. The molecule has 1 aromatic carbocycles. The number of fused-ring (bicyclic) bond motifs is 3. The van der Waals surface area contributed by atoms with Gasteiger partial charge in [-0.2, -0.15) is 0 Å². The number of allylic oxidation sites excluding steroid dienone is 4. The molecule has 0 unspecified atom stereocenters. The molecule has 7 atom stereocenters. The summed E-state index contributed by atoms with van der Waals surface area (Å²) < 4.78 is 5.43. The molecule has 3 heterocycles. The quantitative estimate of drug-likeness (QED) is 0.557. The molecule has 0 amide bonds. The second kappa shape index (κ2) is 5.71. The van der Waals surface area contributed by atoms with Gasteiger partial charge in [0.05, 0.1) is 17.5 Å². The fourth-order valence-corrected chi connectivity index (χ4v) is 10.1. The Morgan fingerprint density at radius 3 is 2.20 bits per heavy atom. The van der Waals surface area contributed by atoms with Crippen LogP contribution in [0.25, 0.3) is 0 Å². The van der Waals surface area contributed by atoms with Crippen molar-refractivity contribution >= 4 is 0 Å². The maximum absolute atomic E-state index is 14.3. The van der Waals surface area contributed by atoms with E-state index in [0.717, 1.165) is 25.7 Å². The number of aromatic nitrogens is 3. The highest BCUT2D eigenvalue weighted by Crippen LogP contribution is 2.72. The van der Waals surface area contributed by atoms with Gasteiger partial charge in [0.15, 0.2) is 0 Å². The molecular weight excluding hydrogens is 434 g/mol. The zero-order chi connectivity index (χ0) is 24.3. The van der Waals surface area contributed by atoms with E-state index < -0.39 is 0 Å². The van der Waals surface area contributed by atoms with Crippen LogP contribution in [0.5, 0.6) is 0 Å². The smallest absolute Gasteiger partial charge is 0.246 e. The SMILES string of the molecule is Cc1ccc(C)c2c1CC[C@]13C=C[C@]21[C@@H]1C=C[C@@H]3n2c(=O)n([C@@H]3C[C@@H]4CC[C@]3(C)C4(C)C)c(=O)n21. The molecule has 5 heteroatoms. The van der Waals surface area contributed by atoms with Crippen molar-refractivity contribution in [3.8, 4) is 0 Å². The van der Waals surface area contributed by atoms with Gasteiger partial charge < -0.3 is 0 Å². The average Bonchev–Trinajstić information content (AvgIpc) is 3.28. The van der Waals surface area contributed by atoms with Gasteiger partial charge in [-0.1, -0.05) is 57.2 Å². The maximum atomic E-state index is 14.3. The Bertz CT molecular complexity index is 1530. The fraction of sp³-hybridized carbons (Fsp3) is 0.600. The normalized spacial score (nSPS) is 42.4. The van der Waals surface area contributed by atoms with Crippen LogP contribution in [0, 0.1) is 36.0 Å². The minimum atomic E-state index is -0.240. The molecule has 4 bridgehead atoms. The summed E-state index contributed by atoms with van der Waals surface area (Å²) >= 11 is 0. The van der Waals surface area contributed by atoms with E-state index >= 15 is 0 Å².